The number of carboxylic acid groups (broad SMARTS) is 1. The minimum absolute atomic E-state index is 0.0520. The average molecular weight is 332 g/mol. The number of aromatic carboxylic acids is 1. The number of amides is 1. The van der Waals surface area contributed by atoms with Crippen LogP contribution in [0, 0.1) is 0 Å². The van der Waals surface area contributed by atoms with Crippen molar-refractivity contribution in [3.05, 3.63) is 16.8 Å². The number of carbonyl (C=O) groups excluding carboxylic acids is 1. The quantitative estimate of drug-likeness (QED) is 0.758. The summed E-state index contributed by atoms with van der Waals surface area (Å²) in [7, 11) is 0. The molecule has 7 heteroatoms. The van der Waals surface area contributed by atoms with Gasteiger partial charge in [-0.2, -0.15) is 0 Å². The molecule has 1 amide bonds. The number of pyridine rings is 1. The summed E-state index contributed by atoms with van der Waals surface area (Å²) in [6.45, 7) is 1.32. The molecule has 2 N–H and O–H groups in total. The zero-order valence-electron chi connectivity index (χ0n) is 7.67. The van der Waals surface area contributed by atoms with Crippen LogP contribution >= 0.6 is 11.6 Å². The normalized spacial score (nSPS) is 9.80. The number of carboxylic acids is 1. The third kappa shape index (κ3) is 3.07. The molecular formula is C8H6ClN2O3Sn. The van der Waals surface area contributed by atoms with Gasteiger partial charge >= 0.3 is 104 Å². The molecule has 0 aliphatic rings. The van der Waals surface area contributed by atoms with Crippen LogP contribution in [0.2, 0.25) is 5.02 Å². The van der Waals surface area contributed by atoms with Crippen LogP contribution in [-0.2, 0) is 4.79 Å². The van der Waals surface area contributed by atoms with Crippen LogP contribution in [0.15, 0.2) is 6.07 Å². The molecule has 1 aromatic rings. The number of halogens is 1. The van der Waals surface area contributed by atoms with Crippen LogP contribution in [0.4, 0.5) is 5.69 Å². The molecule has 0 saturated carbocycles. The summed E-state index contributed by atoms with van der Waals surface area (Å²) in [5.41, 5.74) is 0.0399. The van der Waals surface area contributed by atoms with Gasteiger partial charge in [0, 0.05) is 0 Å². The summed E-state index contributed by atoms with van der Waals surface area (Å²) in [5.74, 6) is -1.52. The van der Waals surface area contributed by atoms with Crippen LogP contribution in [0.1, 0.15) is 17.4 Å². The van der Waals surface area contributed by atoms with E-state index in [1.807, 2.05) is 0 Å². The number of carbonyl (C=O) groups is 2. The predicted octanol–water partition coefficient (Wildman–Crippen LogP) is 0.185. The molecule has 0 bridgehead atoms. The van der Waals surface area contributed by atoms with E-state index in [2.05, 4.69) is 10.3 Å². The topological polar surface area (TPSA) is 79.3 Å². The molecule has 0 aliphatic carbocycles. The van der Waals surface area contributed by atoms with Gasteiger partial charge in [0.2, 0.25) is 0 Å². The molecular weight excluding hydrogens is 326 g/mol. The summed E-state index contributed by atoms with van der Waals surface area (Å²) < 4.78 is 0.563. The van der Waals surface area contributed by atoms with Gasteiger partial charge in [-0.1, -0.05) is 0 Å². The van der Waals surface area contributed by atoms with Gasteiger partial charge in [-0.25, -0.2) is 0 Å². The van der Waals surface area contributed by atoms with Gasteiger partial charge in [-0.3, -0.25) is 0 Å². The summed E-state index contributed by atoms with van der Waals surface area (Å²) in [6, 6.07) is 1.55. The van der Waals surface area contributed by atoms with Crippen LogP contribution < -0.4 is 9.03 Å². The molecule has 0 atom stereocenters. The number of rotatable bonds is 2. The molecule has 3 radical (unpaired) electrons. The number of nitrogens with zero attached hydrogens (tertiary/aromatic N) is 1. The van der Waals surface area contributed by atoms with E-state index in [1.165, 1.54) is 6.92 Å². The van der Waals surface area contributed by atoms with Gasteiger partial charge in [-0.15, -0.1) is 0 Å². The fraction of sp³-hybridized carbons (Fsp3) is 0.125. The van der Waals surface area contributed by atoms with Crippen molar-refractivity contribution in [2.24, 2.45) is 0 Å². The Hall–Kier alpha value is -0.821. The van der Waals surface area contributed by atoms with Gasteiger partial charge in [-0.05, 0) is 0 Å². The third-order valence-electron chi connectivity index (χ3n) is 1.47. The van der Waals surface area contributed by atoms with Crippen molar-refractivity contribution in [1.82, 2.24) is 4.98 Å². The number of hydrogen-bond acceptors (Lipinski definition) is 3. The van der Waals surface area contributed by atoms with E-state index in [1.54, 1.807) is 6.07 Å². The molecule has 0 aromatic carbocycles. The Morgan fingerprint density at radius 3 is 2.67 bits per heavy atom. The summed E-state index contributed by atoms with van der Waals surface area (Å²) in [6.07, 6.45) is 0. The molecule has 77 valence electrons. The molecule has 0 saturated heterocycles. The number of aromatic nitrogens is 1. The van der Waals surface area contributed by atoms with Crippen LogP contribution in [0.3, 0.4) is 0 Å². The second-order valence-corrected chi connectivity index (χ2v) is 4.54. The number of anilines is 1. The second-order valence-electron chi connectivity index (χ2n) is 2.70. The van der Waals surface area contributed by atoms with Gasteiger partial charge in [0.1, 0.15) is 0 Å². The van der Waals surface area contributed by atoms with Crippen LogP contribution in [-0.4, -0.2) is 44.5 Å². The first-order valence-corrected chi connectivity index (χ1v) is 5.65. The van der Waals surface area contributed by atoms with Crippen LogP contribution in [0.25, 0.3) is 0 Å². The van der Waals surface area contributed by atoms with Crippen LogP contribution in [0.5, 0.6) is 0 Å². The standard InChI is InChI=1S/C8H6ClN2O3.Sn/c1-4(12)11-5-2-3-10-7(6(5)9)8(13)14;/h2H,1H3,(H,13,14)(H,10,11,12);. The van der Waals surface area contributed by atoms with Gasteiger partial charge in [0.05, 0.1) is 0 Å². The first-order valence-electron chi connectivity index (χ1n) is 3.85. The number of nitrogens with one attached hydrogen (secondary N) is 1. The molecule has 1 rings (SSSR count). The van der Waals surface area contributed by atoms with E-state index >= 15 is 0 Å². The van der Waals surface area contributed by atoms with Crippen molar-refractivity contribution in [3.63, 3.8) is 0 Å². The van der Waals surface area contributed by atoms with E-state index < -0.39 is 5.97 Å². The zero-order chi connectivity index (χ0) is 11.6. The fourth-order valence-electron chi connectivity index (χ4n) is 0.952. The second kappa shape index (κ2) is 4.80. The van der Waals surface area contributed by atoms with Gasteiger partial charge in [0.25, 0.3) is 0 Å². The Balaban J connectivity index is 3.28. The third-order valence-corrected chi connectivity index (χ3v) is 2.58. The Morgan fingerprint density at radius 2 is 2.20 bits per heavy atom. The molecule has 0 aliphatic heterocycles. The van der Waals surface area contributed by atoms with Crippen molar-refractivity contribution in [1.29, 1.82) is 0 Å². The Morgan fingerprint density at radius 1 is 1.60 bits per heavy atom. The fourth-order valence-corrected chi connectivity index (χ4v) is 1.91. The summed E-state index contributed by atoms with van der Waals surface area (Å²) in [4.78, 5) is 25.4. The summed E-state index contributed by atoms with van der Waals surface area (Å²) >= 11 is 6.72. The van der Waals surface area contributed by atoms with E-state index in [4.69, 9.17) is 16.7 Å². The van der Waals surface area contributed by atoms with Gasteiger partial charge < -0.3 is 0 Å². The van der Waals surface area contributed by atoms with E-state index in [-0.39, 0.29) is 22.3 Å². The molecule has 0 unspecified atom stereocenters. The Bertz CT molecular complexity index is 436. The van der Waals surface area contributed by atoms with E-state index in [9.17, 15) is 9.59 Å². The molecule has 1 heterocycles. The Labute approximate surface area is 104 Å². The van der Waals surface area contributed by atoms with Gasteiger partial charge in [0.15, 0.2) is 0 Å². The summed E-state index contributed by atoms with van der Waals surface area (Å²) in [5, 5.41) is 11.2. The van der Waals surface area contributed by atoms with Crippen molar-refractivity contribution in [2.45, 2.75) is 6.92 Å². The minimum atomic E-state index is -1.21. The maximum absolute atomic E-state index is 10.8. The van der Waals surface area contributed by atoms with E-state index in [0.717, 1.165) is 22.5 Å². The van der Waals surface area contributed by atoms with Crippen molar-refractivity contribution >= 4 is 55.4 Å². The number of hydrogen-bond donors (Lipinski definition) is 2. The first-order chi connectivity index (χ1) is 6.91. The average Bonchev–Trinajstić information content (AvgIpc) is 2.09. The van der Waals surface area contributed by atoms with Crippen molar-refractivity contribution in [2.75, 3.05) is 5.32 Å². The molecule has 5 nitrogen and oxygen atoms in total. The monoisotopic (exact) mass is 333 g/mol. The van der Waals surface area contributed by atoms with Crippen molar-refractivity contribution in [3.8, 4) is 0 Å². The molecule has 0 fully saturated rings. The maximum atomic E-state index is 10.8. The molecule has 15 heavy (non-hydrogen) atoms. The zero-order valence-corrected chi connectivity index (χ0v) is 11.3. The molecule has 0 spiro atoms. The SMILES string of the molecule is CC(=O)Nc1c[c]([Sn])nc(C(=O)O)c1Cl. The molecule has 1 aromatic heterocycles. The van der Waals surface area contributed by atoms with E-state index in [0.29, 0.717) is 3.71 Å². The predicted molar refractivity (Wildman–Crippen MR) is 55.9 cm³/mol. The van der Waals surface area contributed by atoms with Crippen molar-refractivity contribution < 1.29 is 14.7 Å². The Kier molecular flexibility index (Phi) is 3.92. The first kappa shape index (κ1) is 12.2.